The number of ether oxygens (including phenoxy) is 1. The van der Waals surface area contributed by atoms with Crippen molar-refractivity contribution in [2.45, 2.75) is 32.1 Å². The molecular formula is C19H21N3O3. The maximum Gasteiger partial charge on any atom is 0.230 e. The van der Waals surface area contributed by atoms with Crippen LogP contribution in [0.3, 0.4) is 0 Å². The molecule has 0 saturated carbocycles. The van der Waals surface area contributed by atoms with Gasteiger partial charge in [-0.1, -0.05) is 18.2 Å². The van der Waals surface area contributed by atoms with Crippen molar-refractivity contribution in [1.82, 2.24) is 10.2 Å². The number of furan rings is 1. The average molecular weight is 339 g/mol. The lowest BCUT2D eigenvalue weighted by Gasteiger charge is -2.20. The molecule has 3 aromatic rings. The van der Waals surface area contributed by atoms with E-state index in [9.17, 15) is 4.79 Å². The second-order valence-electron chi connectivity index (χ2n) is 6.45. The number of carbonyl (C=O) groups is 1. The fourth-order valence-corrected chi connectivity index (χ4v) is 3.41. The van der Waals surface area contributed by atoms with Gasteiger partial charge in [0.1, 0.15) is 11.3 Å². The Morgan fingerprint density at radius 2 is 2.12 bits per heavy atom. The van der Waals surface area contributed by atoms with Crippen molar-refractivity contribution >= 4 is 22.7 Å². The molecular weight excluding hydrogens is 318 g/mol. The summed E-state index contributed by atoms with van der Waals surface area (Å²) in [6.45, 7) is 3.44. The summed E-state index contributed by atoms with van der Waals surface area (Å²) in [5.41, 5.74) is 2.79. The van der Waals surface area contributed by atoms with E-state index in [1.807, 2.05) is 37.3 Å². The van der Waals surface area contributed by atoms with Gasteiger partial charge in [0.15, 0.2) is 5.82 Å². The van der Waals surface area contributed by atoms with Crippen molar-refractivity contribution < 1.29 is 13.9 Å². The molecule has 2 N–H and O–H groups in total. The Morgan fingerprint density at radius 1 is 1.32 bits per heavy atom. The maximum atomic E-state index is 12.4. The number of hydrogen-bond acceptors (Lipinski definition) is 4. The van der Waals surface area contributed by atoms with Crippen LogP contribution in [0.15, 0.2) is 34.7 Å². The molecule has 0 radical (unpaired) electrons. The quantitative estimate of drug-likeness (QED) is 0.762. The molecule has 25 heavy (non-hydrogen) atoms. The Morgan fingerprint density at radius 3 is 2.96 bits per heavy atom. The van der Waals surface area contributed by atoms with Crippen LogP contribution in [-0.4, -0.2) is 29.3 Å². The van der Waals surface area contributed by atoms with E-state index in [4.69, 9.17) is 9.15 Å². The summed E-state index contributed by atoms with van der Waals surface area (Å²) in [7, 11) is 0. The Bertz CT molecular complexity index is 890. The molecule has 4 rings (SSSR count). The number of fused-ring (bicyclic) bond motifs is 1. The van der Waals surface area contributed by atoms with Crippen LogP contribution in [0.2, 0.25) is 0 Å². The molecule has 1 amide bonds. The van der Waals surface area contributed by atoms with E-state index in [2.05, 4.69) is 15.5 Å². The molecule has 1 aromatic carbocycles. The number of nitrogens with one attached hydrogen (secondary N) is 2. The second-order valence-corrected chi connectivity index (χ2v) is 6.45. The first-order chi connectivity index (χ1) is 12.2. The molecule has 1 aliphatic rings. The summed E-state index contributed by atoms with van der Waals surface area (Å²) < 4.78 is 11.1. The number of anilines is 1. The van der Waals surface area contributed by atoms with Gasteiger partial charge in [0.2, 0.25) is 5.91 Å². The third-order valence-electron chi connectivity index (χ3n) is 4.76. The molecule has 3 heterocycles. The summed E-state index contributed by atoms with van der Waals surface area (Å²) in [5.74, 6) is 1.67. The molecule has 0 aliphatic carbocycles. The predicted molar refractivity (Wildman–Crippen MR) is 94.7 cm³/mol. The Labute approximate surface area is 145 Å². The largest absolute Gasteiger partial charge is 0.461 e. The number of nitrogens with zero attached hydrogens (tertiary/aromatic N) is 1. The van der Waals surface area contributed by atoms with Gasteiger partial charge in [-0.15, -0.1) is 0 Å². The molecule has 1 saturated heterocycles. The maximum absolute atomic E-state index is 12.4. The van der Waals surface area contributed by atoms with E-state index in [-0.39, 0.29) is 12.3 Å². The van der Waals surface area contributed by atoms with E-state index < -0.39 is 0 Å². The minimum Gasteiger partial charge on any atom is -0.461 e. The molecule has 130 valence electrons. The first-order valence-electron chi connectivity index (χ1n) is 8.60. The third-order valence-corrected chi connectivity index (χ3v) is 4.76. The summed E-state index contributed by atoms with van der Waals surface area (Å²) in [5, 5.41) is 11.1. The Kier molecular flexibility index (Phi) is 4.28. The topological polar surface area (TPSA) is 80.1 Å². The van der Waals surface area contributed by atoms with E-state index in [1.165, 1.54) is 0 Å². The number of hydrogen-bond donors (Lipinski definition) is 2. The van der Waals surface area contributed by atoms with Crippen molar-refractivity contribution in [2.75, 3.05) is 18.5 Å². The minimum atomic E-state index is -0.0975. The highest BCUT2D eigenvalue weighted by Gasteiger charge is 2.19. The van der Waals surface area contributed by atoms with Gasteiger partial charge < -0.3 is 14.5 Å². The highest BCUT2D eigenvalue weighted by atomic mass is 16.5. The number of H-pyrrole nitrogens is 1. The predicted octanol–water partition coefficient (Wildman–Crippen LogP) is 3.54. The molecule has 0 spiro atoms. The smallest absolute Gasteiger partial charge is 0.230 e. The number of aromatic nitrogens is 2. The normalized spacial score (nSPS) is 15.6. The highest BCUT2D eigenvalue weighted by Crippen LogP contribution is 2.28. The van der Waals surface area contributed by atoms with Gasteiger partial charge in [0, 0.05) is 41.8 Å². The monoisotopic (exact) mass is 339 g/mol. The number of carbonyl (C=O) groups excluding carboxylic acids is 1. The van der Waals surface area contributed by atoms with Crippen LogP contribution in [0.25, 0.3) is 11.0 Å². The first kappa shape index (κ1) is 15.9. The molecule has 0 atom stereocenters. The molecule has 6 nitrogen and oxygen atoms in total. The molecule has 2 aromatic heterocycles. The average Bonchev–Trinajstić information content (AvgIpc) is 3.21. The van der Waals surface area contributed by atoms with Crippen molar-refractivity contribution in [3.05, 3.63) is 47.3 Å². The van der Waals surface area contributed by atoms with Gasteiger partial charge in [0.05, 0.1) is 6.42 Å². The van der Waals surface area contributed by atoms with Gasteiger partial charge in [-0.05, 0) is 25.8 Å². The van der Waals surface area contributed by atoms with Gasteiger partial charge in [0.25, 0.3) is 0 Å². The number of para-hydroxylation sites is 1. The summed E-state index contributed by atoms with van der Waals surface area (Å²) in [6, 6.07) is 9.70. The molecule has 6 heteroatoms. The fraction of sp³-hybridized carbons (Fsp3) is 0.368. The molecule has 0 bridgehead atoms. The lowest BCUT2D eigenvalue weighted by molar-refractivity contribution is -0.115. The first-order valence-corrected chi connectivity index (χ1v) is 8.60. The second kappa shape index (κ2) is 6.72. The molecule has 1 aliphatic heterocycles. The van der Waals surface area contributed by atoms with E-state index in [1.54, 1.807) is 0 Å². The van der Waals surface area contributed by atoms with Gasteiger partial charge >= 0.3 is 0 Å². The zero-order valence-corrected chi connectivity index (χ0v) is 14.2. The molecule has 1 fully saturated rings. The van der Waals surface area contributed by atoms with Gasteiger partial charge in [-0.25, -0.2) is 0 Å². The number of rotatable bonds is 4. The lowest BCUT2D eigenvalue weighted by atomic mass is 9.97. The summed E-state index contributed by atoms with van der Waals surface area (Å²) >= 11 is 0. The number of amides is 1. The van der Waals surface area contributed by atoms with E-state index in [0.29, 0.717) is 11.7 Å². The van der Waals surface area contributed by atoms with Gasteiger partial charge in [-0.2, -0.15) is 5.10 Å². The third kappa shape index (κ3) is 3.30. The van der Waals surface area contributed by atoms with Crippen molar-refractivity contribution in [3.8, 4) is 0 Å². The van der Waals surface area contributed by atoms with Crippen molar-refractivity contribution in [2.24, 2.45) is 0 Å². The zero-order chi connectivity index (χ0) is 17.2. The minimum absolute atomic E-state index is 0.0975. The Hall–Kier alpha value is -2.60. The summed E-state index contributed by atoms with van der Waals surface area (Å²) in [6.07, 6.45) is 2.23. The zero-order valence-electron chi connectivity index (χ0n) is 14.2. The Balaban J connectivity index is 1.45. The van der Waals surface area contributed by atoms with Crippen LogP contribution in [0, 0.1) is 6.92 Å². The van der Waals surface area contributed by atoms with Crippen LogP contribution in [0.1, 0.15) is 35.8 Å². The molecule has 0 unspecified atom stereocenters. The van der Waals surface area contributed by atoms with Crippen molar-refractivity contribution in [3.63, 3.8) is 0 Å². The number of aryl methyl sites for hydroxylation is 1. The number of aromatic amines is 1. The lowest BCUT2D eigenvalue weighted by Crippen LogP contribution is -2.15. The van der Waals surface area contributed by atoms with Crippen LogP contribution in [-0.2, 0) is 16.0 Å². The van der Waals surface area contributed by atoms with Gasteiger partial charge in [-0.3, -0.25) is 9.89 Å². The number of benzene rings is 1. The van der Waals surface area contributed by atoms with E-state index >= 15 is 0 Å². The van der Waals surface area contributed by atoms with Crippen molar-refractivity contribution in [1.29, 1.82) is 0 Å². The van der Waals surface area contributed by atoms with Crippen LogP contribution in [0.4, 0.5) is 5.82 Å². The van der Waals surface area contributed by atoms with E-state index in [0.717, 1.165) is 54.0 Å². The summed E-state index contributed by atoms with van der Waals surface area (Å²) in [4.78, 5) is 12.4. The van der Waals surface area contributed by atoms with Crippen LogP contribution >= 0.6 is 0 Å². The fourth-order valence-electron chi connectivity index (χ4n) is 3.41. The highest BCUT2D eigenvalue weighted by molar-refractivity contribution is 5.95. The SMILES string of the molecule is Cc1oc2ccccc2c1CC(=O)Nc1cc(C2CCOCC2)[nH]n1. The standard InChI is InChI=1S/C19H21N3O3/c1-12-15(14-4-2-3-5-17(14)25-12)10-19(23)20-18-11-16(21-22-18)13-6-8-24-9-7-13/h2-5,11,13H,6-10H2,1H3,(H2,20,21,22,23). The van der Waals surface area contributed by atoms with Crippen LogP contribution < -0.4 is 5.32 Å². The van der Waals surface area contributed by atoms with Crippen LogP contribution in [0.5, 0.6) is 0 Å².